The van der Waals surface area contributed by atoms with Crippen LogP contribution < -0.4 is 20.1 Å². The minimum absolute atomic E-state index is 0. The maximum atomic E-state index is 5.70. The van der Waals surface area contributed by atoms with Crippen molar-refractivity contribution in [2.24, 2.45) is 4.99 Å². The van der Waals surface area contributed by atoms with Crippen LogP contribution in [-0.2, 0) is 17.7 Å². The summed E-state index contributed by atoms with van der Waals surface area (Å²) in [6.07, 6.45) is 1.87. The number of hydrogen-bond acceptors (Lipinski definition) is 4. The Bertz CT molecular complexity index is 726. The molecule has 0 aliphatic rings. The second kappa shape index (κ2) is 14.9. The van der Waals surface area contributed by atoms with E-state index < -0.39 is 0 Å². The average Bonchev–Trinajstić information content (AvgIpc) is 2.75. The summed E-state index contributed by atoms with van der Waals surface area (Å²) in [5, 5.41) is 6.60. The van der Waals surface area contributed by atoms with Crippen LogP contribution >= 0.6 is 24.0 Å². The first-order chi connectivity index (χ1) is 13.8. The Hall–Kier alpha value is -2.00. The highest BCUT2D eigenvalue weighted by molar-refractivity contribution is 14.0. The molecule has 0 aliphatic carbocycles. The van der Waals surface area contributed by atoms with Crippen LogP contribution in [0.25, 0.3) is 0 Å². The minimum atomic E-state index is 0. The molecule has 0 aromatic heterocycles. The van der Waals surface area contributed by atoms with Gasteiger partial charge >= 0.3 is 0 Å². The van der Waals surface area contributed by atoms with E-state index in [0.717, 1.165) is 55.6 Å². The summed E-state index contributed by atoms with van der Waals surface area (Å²) < 4.78 is 16.3. The molecule has 0 radical (unpaired) electrons. The molecule has 29 heavy (non-hydrogen) atoms. The quantitative estimate of drug-likeness (QED) is 0.208. The molecule has 0 bridgehead atoms. The number of nitrogens with zero attached hydrogens (tertiary/aromatic N) is 1. The van der Waals surface area contributed by atoms with E-state index in [1.165, 1.54) is 5.56 Å². The van der Waals surface area contributed by atoms with Gasteiger partial charge in [-0.3, -0.25) is 4.99 Å². The molecule has 160 valence electrons. The van der Waals surface area contributed by atoms with Crippen LogP contribution in [0.4, 0.5) is 0 Å². The number of nitrogens with one attached hydrogen (secondary N) is 2. The molecular weight excluding hydrogens is 481 g/mol. The standard InChI is InChI=1S/C22H31N3O3.HI/c1-23-22(25-17-19-10-11-20(26-2)21(16-19)27-3)24-13-7-14-28-15-12-18-8-5-4-6-9-18;/h4-6,8-11,16H,7,12-15,17H2,1-3H3,(H2,23,24,25);1H. The van der Waals surface area contributed by atoms with E-state index in [0.29, 0.717) is 6.54 Å². The smallest absolute Gasteiger partial charge is 0.191 e. The molecular formula is C22H32IN3O3. The topological polar surface area (TPSA) is 64.1 Å². The first kappa shape index (κ1) is 25.0. The number of ether oxygens (including phenoxy) is 3. The first-order valence-corrected chi connectivity index (χ1v) is 9.54. The molecule has 6 nitrogen and oxygen atoms in total. The Morgan fingerprint density at radius 2 is 1.66 bits per heavy atom. The van der Waals surface area contributed by atoms with Gasteiger partial charge in [-0.15, -0.1) is 24.0 Å². The van der Waals surface area contributed by atoms with E-state index >= 15 is 0 Å². The summed E-state index contributed by atoms with van der Waals surface area (Å²) in [5.74, 6) is 2.21. The third-order valence-electron chi connectivity index (χ3n) is 4.27. The summed E-state index contributed by atoms with van der Waals surface area (Å²) >= 11 is 0. The molecule has 0 spiro atoms. The predicted octanol–water partition coefficient (Wildman–Crippen LogP) is 3.64. The SMILES string of the molecule is CN=C(NCCCOCCc1ccccc1)NCc1ccc(OC)c(OC)c1.I. The second-order valence-corrected chi connectivity index (χ2v) is 6.24. The number of halogens is 1. The van der Waals surface area contributed by atoms with Crippen LogP contribution in [0.3, 0.4) is 0 Å². The highest BCUT2D eigenvalue weighted by atomic mass is 127. The third kappa shape index (κ3) is 9.36. The van der Waals surface area contributed by atoms with E-state index in [2.05, 4.69) is 39.9 Å². The number of aliphatic imine (C=N–C) groups is 1. The number of rotatable bonds is 11. The number of hydrogen-bond donors (Lipinski definition) is 2. The Morgan fingerprint density at radius 3 is 2.34 bits per heavy atom. The molecule has 2 aromatic rings. The van der Waals surface area contributed by atoms with Crippen molar-refractivity contribution in [1.29, 1.82) is 0 Å². The van der Waals surface area contributed by atoms with E-state index in [1.807, 2.05) is 24.3 Å². The normalized spacial score (nSPS) is 10.8. The first-order valence-electron chi connectivity index (χ1n) is 9.54. The van der Waals surface area contributed by atoms with Crippen molar-refractivity contribution in [3.8, 4) is 11.5 Å². The van der Waals surface area contributed by atoms with Gasteiger partial charge in [0.2, 0.25) is 0 Å². The maximum absolute atomic E-state index is 5.70. The van der Waals surface area contributed by atoms with Crippen molar-refractivity contribution in [2.75, 3.05) is 41.0 Å². The fourth-order valence-corrected chi connectivity index (χ4v) is 2.71. The van der Waals surface area contributed by atoms with Crippen molar-refractivity contribution in [1.82, 2.24) is 10.6 Å². The summed E-state index contributed by atoms with van der Waals surface area (Å²) in [5.41, 5.74) is 2.39. The molecule has 2 N–H and O–H groups in total. The van der Waals surface area contributed by atoms with Crippen LogP contribution in [0.2, 0.25) is 0 Å². The summed E-state index contributed by atoms with van der Waals surface area (Å²) in [6, 6.07) is 16.3. The molecule has 2 rings (SSSR count). The molecule has 2 aromatic carbocycles. The van der Waals surface area contributed by atoms with E-state index in [-0.39, 0.29) is 24.0 Å². The Kier molecular flexibility index (Phi) is 12.9. The molecule has 0 amide bonds. The van der Waals surface area contributed by atoms with Crippen LogP contribution in [0.1, 0.15) is 17.5 Å². The van der Waals surface area contributed by atoms with Gasteiger partial charge in [0.1, 0.15) is 0 Å². The molecule has 0 unspecified atom stereocenters. The van der Waals surface area contributed by atoms with Crippen molar-refractivity contribution in [3.63, 3.8) is 0 Å². The van der Waals surface area contributed by atoms with Gasteiger partial charge in [-0.25, -0.2) is 0 Å². The van der Waals surface area contributed by atoms with E-state index in [4.69, 9.17) is 14.2 Å². The van der Waals surface area contributed by atoms with Gasteiger partial charge in [-0.2, -0.15) is 0 Å². The van der Waals surface area contributed by atoms with Gasteiger partial charge in [-0.05, 0) is 36.1 Å². The van der Waals surface area contributed by atoms with Gasteiger partial charge in [0.05, 0.1) is 20.8 Å². The summed E-state index contributed by atoms with van der Waals surface area (Å²) in [6.45, 7) is 2.92. The van der Waals surface area contributed by atoms with Gasteiger partial charge in [0.25, 0.3) is 0 Å². The Morgan fingerprint density at radius 1 is 0.897 bits per heavy atom. The molecule has 0 fully saturated rings. The molecule has 0 aliphatic heterocycles. The van der Waals surface area contributed by atoms with Crippen LogP contribution in [0.15, 0.2) is 53.5 Å². The van der Waals surface area contributed by atoms with Crippen molar-refractivity contribution >= 4 is 29.9 Å². The lowest BCUT2D eigenvalue weighted by atomic mass is 10.2. The number of methoxy groups -OCH3 is 2. The highest BCUT2D eigenvalue weighted by Crippen LogP contribution is 2.27. The lowest BCUT2D eigenvalue weighted by molar-refractivity contribution is 0.135. The van der Waals surface area contributed by atoms with Gasteiger partial charge in [-0.1, -0.05) is 36.4 Å². The fraction of sp³-hybridized carbons (Fsp3) is 0.409. The zero-order valence-electron chi connectivity index (χ0n) is 17.4. The van der Waals surface area contributed by atoms with E-state index in [1.54, 1.807) is 21.3 Å². The Balaban J connectivity index is 0.00000420. The van der Waals surface area contributed by atoms with Gasteiger partial charge in [0.15, 0.2) is 17.5 Å². The van der Waals surface area contributed by atoms with Crippen LogP contribution in [-0.4, -0.2) is 47.0 Å². The van der Waals surface area contributed by atoms with Crippen molar-refractivity contribution in [3.05, 3.63) is 59.7 Å². The Labute approximate surface area is 191 Å². The number of guanidine groups is 1. The zero-order chi connectivity index (χ0) is 20.0. The molecule has 0 heterocycles. The zero-order valence-corrected chi connectivity index (χ0v) is 19.8. The molecule has 7 heteroatoms. The lowest BCUT2D eigenvalue weighted by Gasteiger charge is -2.13. The van der Waals surface area contributed by atoms with Crippen molar-refractivity contribution in [2.45, 2.75) is 19.4 Å². The molecule has 0 atom stereocenters. The second-order valence-electron chi connectivity index (χ2n) is 6.24. The van der Waals surface area contributed by atoms with Gasteiger partial charge in [0, 0.05) is 26.7 Å². The van der Waals surface area contributed by atoms with E-state index in [9.17, 15) is 0 Å². The predicted molar refractivity (Wildman–Crippen MR) is 129 cm³/mol. The van der Waals surface area contributed by atoms with Gasteiger partial charge < -0.3 is 24.8 Å². The maximum Gasteiger partial charge on any atom is 0.191 e. The lowest BCUT2D eigenvalue weighted by Crippen LogP contribution is -2.37. The van der Waals surface area contributed by atoms with Crippen molar-refractivity contribution < 1.29 is 14.2 Å². The monoisotopic (exact) mass is 513 g/mol. The van der Waals surface area contributed by atoms with Crippen LogP contribution in [0, 0.1) is 0 Å². The highest BCUT2D eigenvalue weighted by Gasteiger charge is 2.05. The molecule has 0 saturated carbocycles. The number of benzene rings is 2. The largest absolute Gasteiger partial charge is 0.493 e. The van der Waals surface area contributed by atoms with Crippen LogP contribution in [0.5, 0.6) is 11.5 Å². The fourth-order valence-electron chi connectivity index (χ4n) is 2.71. The third-order valence-corrected chi connectivity index (χ3v) is 4.27. The summed E-state index contributed by atoms with van der Waals surface area (Å²) in [4.78, 5) is 4.25. The summed E-state index contributed by atoms with van der Waals surface area (Å²) in [7, 11) is 5.03. The molecule has 0 saturated heterocycles. The minimum Gasteiger partial charge on any atom is -0.493 e. The average molecular weight is 513 g/mol.